The molecule has 0 radical (unpaired) electrons. The maximum Gasteiger partial charge on any atom is 0.136 e. The average molecular weight is 154 g/mol. The molecule has 2 atom stereocenters. The summed E-state index contributed by atoms with van der Waals surface area (Å²) >= 11 is 0. The maximum absolute atomic E-state index is 11.2. The molecule has 0 amide bonds. The van der Waals surface area contributed by atoms with Gasteiger partial charge in [-0.1, -0.05) is 13.3 Å². The second-order valence-electron chi connectivity index (χ2n) is 3.31. The molecule has 0 N–H and O–H groups in total. The minimum atomic E-state index is -0.0669. The summed E-state index contributed by atoms with van der Waals surface area (Å²) in [6.07, 6.45) is 4.62. The van der Waals surface area contributed by atoms with Gasteiger partial charge in [-0.15, -0.1) is 0 Å². The number of hydrogen-bond acceptors (Lipinski definition) is 2. The van der Waals surface area contributed by atoms with E-state index in [1.807, 2.05) is 6.92 Å². The zero-order valence-corrected chi connectivity index (χ0v) is 6.88. The molecule has 0 heterocycles. The summed E-state index contributed by atoms with van der Waals surface area (Å²) in [5, 5.41) is 0. The standard InChI is InChI=1S/C9H14O2/c1-7(6-10)8-4-2-3-5-9(8)11/h6-8H,2-5H2,1H3. The first-order chi connectivity index (χ1) is 5.25. The van der Waals surface area contributed by atoms with Crippen molar-refractivity contribution in [2.24, 2.45) is 11.8 Å². The highest BCUT2D eigenvalue weighted by Crippen LogP contribution is 2.25. The van der Waals surface area contributed by atoms with Gasteiger partial charge in [0.25, 0.3) is 0 Å². The zero-order valence-electron chi connectivity index (χ0n) is 6.88. The van der Waals surface area contributed by atoms with E-state index in [0.717, 1.165) is 25.5 Å². The fourth-order valence-corrected chi connectivity index (χ4v) is 1.66. The molecule has 0 saturated heterocycles. The molecule has 2 heteroatoms. The van der Waals surface area contributed by atoms with E-state index in [2.05, 4.69) is 0 Å². The summed E-state index contributed by atoms with van der Waals surface area (Å²) in [5.74, 6) is 0.250. The van der Waals surface area contributed by atoms with Gasteiger partial charge in [0, 0.05) is 18.3 Å². The summed E-state index contributed by atoms with van der Waals surface area (Å²) in [6.45, 7) is 1.83. The van der Waals surface area contributed by atoms with Gasteiger partial charge in [0.05, 0.1) is 0 Å². The third-order valence-corrected chi connectivity index (χ3v) is 2.45. The van der Waals surface area contributed by atoms with Crippen molar-refractivity contribution in [3.8, 4) is 0 Å². The van der Waals surface area contributed by atoms with E-state index >= 15 is 0 Å². The quantitative estimate of drug-likeness (QED) is 0.566. The molecule has 0 bridgehead atoms. The summed E-state index contributed by atoms with van der Waals surface area (Å²) in [5.41, 5.74) is 0. The number of carbonyl (C=O) groups excluding carboxylic acids is 2. The highest BCUT2D eigenvalue weighted by Gasteiger charge is 2.26. The first kappa shape index (κ1) is 8.44. The van der Waals surface area contributed by atoms with E-state index in [1.54, 1.807) is 0 Å². The van der Waals surface area contributed by atoms with Crippen molar-refractivity contribution in [1.82, 2.24) is 0 Å². The predicted octanol–water partition coefficient (Wildman–Crippen LogP) is 1.58. The molecule has 1 fully saturated rings. The van der Waals surface area contributed by atoms with Gasteiger partial charge in [-0.05, 0) is 12.8 Å². The van der Waals surface area contributed by atoms with Gasteiger partial charge in [0.2, 0.25) is 0 Å². The van der Waals surface area contributed by atoms with Crippen LogP contribution in [0.1, 0.15) is 32.6 Å². The molecular formula is C9H14O2. The van der Waals surface area contributed by atoms with Crippen LogP contribution in [0.15, 0.2) is 0 Å². The smallest absolute Gasteiger partial charge is 0.136 e. The number of carbonyl (C=O) groups is 2. The van der Waals surface area contributed by atoms with Crippen molar-refractivity contribution >= 4 is 12.1 Å². The second-order valence-corrected chi connectivity index (χ2v) is 3.31. The Hall–Kier alpha value is -0.660. The van der Waals surface area contributed by atoms with Crippen molar-refractivity contribution in [2.75, 3.05) is 0 Å². The normalized spacial score (nSPS) is 28.1. The molecule has 62 valence electrons. The summed E-state index contributed by atoms with van der Waals surface area (Å²) in [4.78, 5) is 21.6. The van der Waals surface area contributed by atoms with Crippen molar-refractivity contribution in [3.05, 3.63) is 0 Å². The predicted molar refractivity (Wildman–Crippen MR) is 42.2 cm³/mol. The number of hydrogen-bond donors (Lipinski definition) is 0. The Kier molecular flexibility index (Phi) is 2.80. The number of Topliss-reactive ketones (excluding diaryl/α,β-unsaturated/α-hetero) is 1. The fraction of sp³-hybridized carbons (Fsp3) is 0.778. The van der Waals surface area contributed by atoms with Crippen LogP contribution in [0.4, 0.5) is 0 Å². The average Bonchev–Trinajstić information content (AvgIpc) is 2.04. The lowest BCUT2D eigenvalue weighted by molar-refractivity contribution is -0.129. The minimum absolute atomic E-state index is 0.0289. The topological polar surface area (TPSA) is 34.1 Å². The van der Waals surface area contributed by atoms with E-state index in [9.17, 15) is 9.59 Å². The monoisotopic (exact) mass is 154 g/mol. The van der Waals surface area contributed by atoms with Crippen LogP contribution in [0.3, 0.4) is 0 Å². The first-order valence-corrected chi connectivity index (χ1v) is 4.23. The molecule has 0 aliphatic heterocycles. The Bertz CT molecular complexity index is 163. The molecule has 11 heavy (non-hydrogen) atoms. The van der Waals surface area contributed by atoms with Crippen LogP contribution in [0.25, 0.3) is 0 Å². The van der Waals surface area contributed by atoms with Crippen molar-refractivity contribution in [3.63, 3.8) is 0 Å². The summed E-state index contributed by atoms with van der Waals surface area (Å²) in [6, 6.07) is 0. The molecule has 0 aromatic heterocycles. The van der Waals surface area contributed by atoms with Crippen molar-refractivity contribution in [1.29, 1.82) is 0 Å². The fourth-order valence-electron chi connectivity index (χ4n) is 1.66. The van der Waals surface area contributed by atoms with E-state index in [1.165, 1.54) is 0 Å². The van der Waals surface area contributed by atoms with Gasteiger partial charge in [-0.25, -0.2) is 0 Å². The zero-order chi connectivity index (χ0) is 8.27. The SMILES string of the molecule is CC(C=O)C1CCCCC1=O. The molecule has 1 aliphatic rings. The maximum atomic E-state index is 11.2. The third-order valence-electron chi connectivity index (χ3n) is 2.45. The Morgan fingerprint density at radius 1 is 1.55 bits per heavy atom. The molecule has 2 unspecified atom stereocenters. The number of ketones is 1. The minimum Gasteiger partial charge on any atom is -0.303 e. The van der Waals surface area contributed by atoms with Gasteiger partial charge in [-0.2, -0.15) is 0 Å². The van der Waals surface area contributed by atoms with Crippen LogP contribution >= 0.6 is 0 Å². The van der Waals surface area contributed by atoms with Crippen LogP contribution < -0.4 is 0 Å². The van der Waals surface area contributed by atoms with Gasteiger partial charge < -0.3 is 4.79 Å². The van der Waals surface area contributed by atoms with Gasteiger partial charge >= 0.3 is 0 Å². The van der Waals surface area contributed by atoms with Crippen LogP contribution in [0.2, 0.25) is 0 Å². The third kappa shape index (κ3) is 1.88. The molecule has 1 aliphatic carbocycles. The second kappa shape index (κ2) is 3.65. The highest BCUT2D eigenvalue weighted by molar-refractivity contribution is 5.84. The molecule has 0 aromatic carbocycles. The summed E-state index contributed by atoms with van der Waals surface area (Å²) < 4.78 is 0. The van der Waals surface area contributed by atoms with Crippen molar-refractivity contribution in [2.45, 2.75) is 32.6 Å². The number of aldehydes is 1. The molecular weight excluding hydrogens is 140 g/mol. The van der Waals surface area contributed by atoms with Gasteiger partial charge in [-0.3, -0.25) is 4.79 Å². The van der Waals surface area contributed by atoms with E-state index < -0.39 is 0 Å². The molecule has 0 aromatic rings. The number of rotatable bonds is 2. The largest absolute Gasteiger partial charge is 0.303 e. The van der Waals surface area contributed by atoms with Crippen LogP contribution in [0.5, 0.6) is 0 Å². The first-order valence-electron chi connectivity index (χ1n) is 4.23. The lowest BCUT2D eigenvalue weighted by Crippen LogP contribution is -2.25. The van der Waals surface area contributed by atoms with E-state index in [0.29, 0.717) is 6.42 Å². The lowest BCUT2D eigenvalue weighted by atomic mass is 9.80. The Morgan fingerprint density at radius 2 is 2.27 bits per heavy atom. The van der Waals surface area contributed by atoms with Crippen LogP contribution in [-0.4, -0.2) is 12.1 Å². The Morgan fingerprint density at radius 3 is 2.82 bits per heavy atom. The van der Waals surface area contributed by atoms with Crippen LogP contribution in [0, 0.1) is 11.8 Å². The van der Waals surface area contributed by atoms with E-state index in [4.69, 9.17) is 0 Å². The van der Waals surface area contributed by atoms with E-state index in [-0.39, 0.29) is 17.6 Å². The molecule has 1 saturated carbocycles. The highest BCUT2D eigenvalue weighted by atomic mass is 16.1. The van der Waals surface area contributed by atoms with Crippen molar-refractivity contribution < 1.29 is 9.59 Å². The van der Waals surface area contributed by atoms with Crippen LogP contribution in [-0.2, 0) is 9.59 Å². The molecule has 1 rings (SSSR count). The Labute approximate surface area is 67.0 Å². The molecule has 2 nitrogen and oxygen atoms in total. The van der Waals surface area contributed by atoms with Gasteiger partial charge in [0.15, 0.2) is 0 Å². The lowest BCUT2D eigenvalue weighted by Gasteiger charge is -2.22. The Balaban J connectivity index is 2.53. The van der Waals surface area contributed by atoms with Gasteiger partial charge in [0.1, 0.15) is 12.1 Å². The molecule has 0 spiro atoms. The summed E-state index contributed by atoms with van der Waals surface area (Å²) in [7, 11) is 0.